The van der Waals surface area contributed by atoms with Gasteiger partial charge in [-0.1, -0.05) is 39.0 Å². The Labute approximate surface area is 88.3 Å². The van der Waals surface area contributed by atoms with Gasteiger partial charge in [0.05, 0.1) is 5.25 Å². The van der Waals surface area contributed by atoms with Crippen molar-refractivity contribution in [2.75, 3.05) is 7.05 Å². The highest BCUT2D eigenvalue weighted by molar-refractivity contribution is 7.90. The van der Waals surface area contributed by atoms with Crippen molar-refractivity contribution < 1.29 is 8.42 Å². The predicted octanol–water partition coefficient (Wildman–Crippen LogP) is 2.28. The van der Waals surface area contributed by atoms with E-state index in [9.17, 15) is 8.42 Å². The Hall–Kier alpha value is -0.0900. The van der Waals surface area contributed by atoms with E-state index >= 15 is 0 Å². The van der Waals surface area contributed by atoms with E-state index in [4.69, 9.17) is 0 Å². The molecule has 0 amide bonds. The molecular weight excluding hydrogens is 198 g/mol. The molecule has 0 bridgehead atoms. The number of nitrogens with one attached hydrogen (secondary N) is 1. The Bertz CT molecular complexity index is 224. The molecule has 0 aliphatic rings. The second-order valence-electron chi connectivity index (χ2n) is 3.76. The number of sulfonamides is 1. The van der Waals surface area contributed by atoms with Gasteiger partial charge in [0.15, 0.2) is 0 Å². The van der Waals surface area contributed by atoms with Gasteiger partial charge < -0.3 is 0 Å². The molecule has 0 saturated heterocycles. The average Bonchev–Trinajstić information content (AvgIpc) is 2.17. The molecule has 1 unspecified atom stereocenters. The summed E-state index contributed by atoms with van der Waals surface area (Å²) in [5.74, 6) is 0. The van der Waals surface area contributed by atoms with Crippen LogP contribution in [0.5, 0.6) is 0 Å². The summed E-state index contributed by atoms with van der Waals surface area (Å²) in [6.45, 7) is 3.94. The van der Waals surface area contributed by atoms with Gasteiger partial charge in [-0.3, -0.25) is 0 Å². The molecule has 4 heteroatoms. The Kier molecular flexibility index (Phi) is 7.19. The summed E-state index contributed by atoms with van der Waals surface area (Å²) in [5.41, 5.74) is 0. The van der Waals surface area contributed by atoms with Crippen LogP contribution in [0, 0.1) is 0 Å². The molecule has 0 fully saturated rings. The van der Waals surface area contributed by atoms with E-state index in [1.807, 2.05) is 0 Å². The van der Waals surface area contributed by atoms with Gasteiger partial charge in [0.25, 0.3) is 0 Å². The summed E-state index contributed by atoms with van der Waals surface area (Å²) in [4.78, 5) is 0. The van der Waals surface area contributed by atoms with E-state index in [1.165, 1.54) is 26.3 Å². The van der Waals surface area contributed by atoms with Crippen LogP contribution in [0.1, 0.15) is 52.4 Å². The largest absolute Gasteiger partial charge is 0.218 e. The molecule has 14 heavy (non-hydrogen) atoms. The van der Waals surface area contributed by atoms with Gasteiger partial charge >= 0.3 is 0 Å². The van der Waals surface area contributed by atoms with Crippen molar-refractivity contribution in [3.63, 3.8) is 0 Å². The lowest BCUT2D eigenvalue weighted by atomic mass is 10.1. The minimum atomic E-state index is -3.04. The monoisotopic (exact) mass is 221 g/mol. The van der Waals surface area contributed by atoms with E-state index in [1.54, 1.807) is 6.92 Å². The lowest BCUT2D eigenvalue weighted by Crippen LogP contribution is -2.29. The summed E-state index contributed by atoms with van der Waals surface area (Å²) in [6, 6.07) is 0. The first kappa shape index (κ1) is 13.9. The molecule has 0 spiro atoms. The zero-order valence-electron chi connectivity index (χ0n) is 9.54. The fourth-order valence-corrected chi connectivity index (χ4v) is 2.27. The first-order valence-corrected chi connectivity index (χ1v) is 7.01. The van der Waals surface area contributed by atoms with Gasteiger partial charge in [0.2, 0.25) is 10.0 Å². The minimum Gasteiger partial charge on any atom is -0.218 e. The quantitative estimate of drug-likeness (QED) is 0.639. The third kappa shape index (κ3) is 5.60. The summed E-state index contributed by atoms with van der Waals surface area (Å²) in [7, 11) is -1.57. The topological polar surface area (TPSA) is 46.2 Å². The van der Waals surface area contributed by atoms with Crippen LogP contribution >= 0.6 is 0 Å². The molecule has 0 aliphatic carbocycles. The van der Waals surface area contributed by atoms with Crippen LogP contribution in [0.2, 0.25) is 0 Å². The Morgan fingerprint density at radius 3 is 2.21 bits per heavy atom. The highest BCUT2D eigenvalue weighted by Gasteiger charge is 2.17. The van der Waals surface area contributed by atoms with Gasteiger partial charge in [-0.25, -0.2) is 13.1 Å². The molecule has 0 saturated carbocycles. The van der Waals surface area contributed by atoms with E-state index in [-0.39, 0.29) is 5.25 Å². The summed E-state index contributed by atoms with van der Waals surface area (Å²) < 4.78 is 25.0. The first-order chi connectivity index (χ1) is 6.54. The van der Waals surface area contributed by atoms with Crippen LogP contribution in [-0.4, -0.2) is 20.7 Å². The molecule has 0 rings (SSSR count). The third-order valence-corrected chi connectivity index (χ3v) is 4.39. The Morgan fingerprint density at radius 2 is 1.71 bits per heavy atom. The van der Waals surface area contributed by atoms with Crippen molar-refractivity contribution in [2.24, 2.45) is 0 Å². The van der Waals surface area contributed by atoms with E-state index in [2.05, 4.69) is 11.6 Å². The zero-order valence-corrected chi connectivity index (χ0v) is 10.4. The molecule has 1 N–H and O–H groups in total. The second-order valence-corrected chi connectivity index (χ2v) is 6.07. The standard InChI is InChI=1S/C10H23NO2S/c1-4-5-6-7-8-9-10(2)14(12,13)11-3/h10-11H,4-9H2,1-3H3. The molecule has 0 heterocycles. The molecule has 0 aromatic carbocycles. The second kappa shape index (κ2) is 7.23. The highest BCUT2D eigenvalue weighted by atomic mass is 32.2. The minimum absolute atomic E-state index is 0.255. The molecule has 3 nitrogen and oxygen atoms in total. The van der Waals surface area contributed by atoms with Crippen LogP contribution in [0.15, 0.2) is 0 Å². The summed E-state index contributed by atoms with van der Waals surface area (Å²) in [5, 5.41) is -0.255. The van der Waals surface area contributed by atoms with Crippen molar-refractivity contribution >= 4 is 10.0 Å². The lowest BCUT2D eigenvalue weighted by molar-refractivity contribution is 0.552. The van der Waals surface area contributed by atoms with Crippen molar-refractivity contribution in [3.8, 4) is 0 Å². The SMILES string of the molecule is CCCCCCCC(C)S(=O)(=O)NC. The van der Waals surface area contributed by atoms with E-state index in [0.29, 0.717) is 0 Å². The number of unbranched alkanes of at least 4 members (excludes halogenated alkanes) is 4. The van der Waals surface area contributed by atoms with Crippen molar-refractivity contribution in [1.29, 1.82) is 0 Å². The van der Waals surface area contributed by atoms with Crippen molar-refractivity contribution in [3.05, 3.63) is 0 Å². The Balaban J connectivity index is 3.59. The number of hydrogen-bond acceptors (Lipinski definition) is 2. The first-order valence-electron chi connectivity index (χ1n) is 5.47. The van der Waals surface area contributed by atoms with Crippen LogP contribution in [0.4, 0.5) is 0 Å². The van der Waals surface area contributed by atoms with E-state index < -0.39 is 10.0 Å². The highest BCUT2D eigenvalue weighted by Crippen LogP contribution is 2.11. The van der Waals surface area contributed by atoms with Gasteiger partial charge in [-0.2, -0.15) is 0 Å². The normalized spacial score (nSPS) is 14.2. The maximum absolute atomic E-state index is 11.3. The average molecular weight is 221 g/mol. The maximum Gasteiger partial charge on any atom is 0.213 e. The Morgan fingerprint density at radius 1 is 1.14 bits per heavy atom. The summed E-state index contributed by atoms with van der Waals surface area (Å²) >= 11 is 0. The summed E-state index contributed by atoms with van der Waals surface area (Å²) in [6.07, 6.45) is 6.65. The number of hydrogen-bond donors (Lipinski definition) is 1. The fourth-order valence-electron chi connectivity index (χ4n) is 1.39. The molecule has 0 radical (unpaired) electrons. The molecule has 0 aliphatic heterocycles. The number of rotatable bonds is 8. The van der Waals surface area contributed by atoms with Gasteiger partial charge in [-0.05, 0) is 20.4 Å². The van der Waals surface area contributed by atoms with Crippen LogP contribution < -0.4 is 4.72 Å². The van der Waals surface area contributed by atoms with Crippen molar-refractivity contribution in [1.82, 2.24) is 4.72 Å². The molecule has 0 aromatic heterocycles. The maximum atomic E-state index is 11.3. The lowest BCUT2D eigenvalue weighted by Gasteiger charge is -2.11. The third-order valence-electron chi connectivity index (χ3n) is 2.53. The smallest absolute Gasteiger partial charge is 0.213 e. The molecule has 0 aromatic rings. The zero-order chi connectivity index (χ0) is 11.0. The predicted molar refractivity (Wildman–Crippen MR) is 60.8 cm³/mol. The van der Waals surface area contributed by atoms with Gasteiger partial charge in [-0.15, -0.1) is 0 Å². The fraction of sp³-hybridized carbons (Fsp3) is 1.00. The molecule has 1 atom stereocenters. The molecular formula is C10H23NO2S. The van der Waals surface area contributed by atoms with Crippen LogP contribution in [-0.2, 0) is 10.0 Å². The molecule has 86 valence electrons. The van der Waals surface area contributed by atoms with Crippen LogP contribution in [0.3, 0.4) is 0 Å². The van der Waals surface area contributed by atoms with Gasteiger partial charge in [0, 0.05) is 0 Å². The van der Waals surface area contributed by atoms with E-state index in [0.717, 1.165) is 19.3 Å². The van der Waals surface area contributed by atoms with Crippen molar-refractivity contribution in [2.45, 2.75) is 57.6 Å². The van der Waals surface area contributed by atoms with Gasteiger partial charge in [0.1, 0.15) is 0 Å². The van der Waals surface area contributed by atoms with Crippen LogP contribution in [0.25, 0.3) is 0 Å².